The molecule has 128 valence electrons. The Balaban J connectivity index is 2.16. The van der Waals surface area contributed by atoms with E-state index in [1.807, 2.05) is 4.90 Å². The predicted molar refractivity (Wildman–Crippen MR) is 89.0 cm³/mol. The Bertz CT molecular complexity index is 843. The Hall–Kier alpha value is -2.65. The first-order chi connectivity index (χ1) is 11.4. The number of carbonyl (C=O) groups is 1. The Morgan fingerprint density at radius 2 is 2.00 bits per heavy atom. The number of hydrazine groups is 1. The van der Waals surface area contributed by atoms with Crippen molar-refractivity contribution in [2.75, 3.05) is 43.2 Å². The molecule has 0 saturated carbocycles. The van der Waals surface area contributed by atoms with Crippen LogP contribution in [0.25, 0.3) is 10.9 Å². The average Bonchev–Trinajstić information content (AvgIpc) is 2.54. The van der Waals surface area contributed by atoms with Gasteiger partial charge in [0.1, 0.15) is 5.56 Å². The number of carboxylic acids is 1. The van der Waals surface area contributed by atoms with Gasteiger partial charge in [0.2, 0.25) is 5.43 Å². The van der Waals surface area contributed by atoms with Crippen LogP contribution in [-0.2, 0) is 0 Å². The van der Waals surface area contributed by atoms with Gasteiger partial charge in [-0.05, 0) is 12.1 Å². The molecule has 0 radical (unpaired) electrons. The van der Waals surface area contributed by atoms with Gasteiger partial charge in [-0.25, -0.2) is 14.9 Å². The molecule has 2 heterocycles. The van der Waals surface area contributed by atoms with E-state index in [-0.39, 0.29) is 16.6 Å². The third kappa shape index (κ3) is 2.79. The zero-order valence-electron chi connectivity index (χ0n) is 13.1. The minimum absolute atomic E-state index is 0.135. The van der Waals surface area contributed by atoms with Gasteiger partial charge in [0, 0.05) is 44.8 Å². The summed E-state index contributed by atoms with van der Waals surface area (Å²) in [5, 5.41) is 11.3. The molecule has 1 saturated heterocycles. The van der Waals surface area contributed by atoms with Crippen LogP contribution in [0.4, 0.5) is 15.9 Å². The van der Waals surface area contributed by atoms with Gasteiger partial charge < -0.3 is 15.0 Å². The number of aromatic nitrogens is 1. The van der Waals surface area contributed by atoms with Crippen LogP contribution in [0.3, 0.4) is 0 Å². The smallest absolute Gasteiger partial charge is 0.341 e. The number of benzene rings is 1. The fourth-order valence-electron chi connectivity index (χ4n) is 2.87. The lowest BCUT2D eigenvalue weighted by atomic mass is 10.1. The van der Waals surface area contributed by atoms with Crippen LogP contribution in [0.1, 0.15) is 10.4 Å². The van der Waals surface area contributed by atoms with Crippen LogP contribution < -0.4 is 21.3 Å². The number of aromatic amines is 1. The molecule has 24 heavy (non-hydrogen) atoms. The Morgan fingerprint density at radius 3 is 2.58 bits per heavy atom. The molecule has 0 spiro atoms. The average molecular weight is 335 g/mol. The summed E-state index contributed by atoms with van der Waals surface area (Å²) in [7, 11) is 1.24. The Kier molecular flexibility index (Phi) is 4.12. The van der Waals surface area contributed by atoms with Gasteiger partial charge in [-0.2, -0.15) is 0 Å². The molecule has 2 aromatic rings. The van der Waals surface area contributed by atoms with Gasteiger partial charge in [-0.1, -0.05) is 0 Å². The quantitative estimate of drug-likeness (QED) is 0.555. The molecular formula is C15H18FN5O3. The summed E-state index contributed by atoms with van der Waals surface area (Å²) in [6.45, 7) is 2.53. The predicted octanol–water partition coefficient (Wildman–Crippen LogP) is 0.543. The second-order valence-corrected chi connectivity index (χ2v) is 5.72. The van der Waals surface area contributed by atoms with Crippen molar-refractivity contribution in [1.82, 2.24) is 9.99 Å². The Morgan fingerprint density at radius 1 is 1.33 bits per heavy atom. The van der Waals surface area contributed by atoms with Crippen molar-refractivity contribution in [2.24, 2.45) is 5.84 Å². The molecule has 1 aliphatic rings. The summed E-state index contributed by atoms with van der Waals surface area (Å²) in [4.78, 5) is 28.2. The second-order valence-electron chi connectivity index (χ2n) is 5.72. The summed E-state index contributed by atoms with van der Waals surface area (Å²) >= 11 is 0. The fourth-order valence-corrected chi connectivity index (χ4v) is 2.87. The molecule has 0 atom stereocenters. The minimum Gasteiger partial charge on any atom is -0.477 e. The number of carboxylic acid groups (broad SMARTS) is 1. The van der Waals surface area contributed by atoms with E-state index in [4.69, 9.17) is 10.9 Å². The van der Waals surface area contributed by atoms with E-state index in [1.54, 1.807) is 11.1 Å². The van der Waals surface area contributed by atoms with E-state index < -0.39 is 11.4 Å². The molecule has 1 fully saturated rings. The van der Waals surface area contributed by atoms with Gasteiger partial charge in [-0.3, -0.25) is 10.6 Å². The number of aromatic carboxylic acids is 1. The summed E-state index contributed by atoms with van der Waals surface area (Å²) in [5.74, 6) is 4.42. The summed E-state index contributed by atoms with van der Waals surface area (Å²) in [6.07, 6.45) is 1.16. The number of nitrogens with zero attached hydrogens (tertiary/aromatic N) is 3. The fraction of sp³-hybridized carbons (Fsp3) is 0.333. The lowest BCUT2D eigenvalue weighted by Gasteiger charge is -2.35. The highest BCUT2D eigenvalue weighted by Crippen LogP contribution is 2.33. The SMILES string of the molecule is CN(F)c1cc2c(=O)c(C(=O)O)c[nH]c2cc1N1CCN(N)CC1. The molecule has 9 heteroatoms. The lowest BCUT2D eigenvalue weighted by molar-refractivity contribution is 0.0695. The van der Waals surface area contributed by atoms with Crippen LogP contribution in [-0.4, -0.2) is 54.3 Å². The summed E-state index contributed by atoms with van der Waals surface area (Å²) < 4.78 is 14.0. The molecule has 1 aromatic heterocycles. The van der Waals surface area contributed by atoms with Gasteiger partial charge in [-0.15, -0.1) is 4.48 Å². The monoisotopic (exact) mass is 335 g/mol. The van der Waals surface area contributed by atoms with Gasteiger partial charge in [0.15, 0.2) is 0 Å². The van der Waals surface area contributed by atoms with Crippen molar-refractivity contribution in [3.63, 3.8) is 0 Å². The number of halogens is 1. The second kappa shape index (κ2) is 6.10. The van der Waals surface area contributed by atoms with Crippen molar-refractivity contribution in [1.29, 1.82) is 0 Å². The van der Waals surface area contributed by atoms with Crippen LogP contribution in [0.5, 0.6) is 0 Å². The number of pyridine rings is 1. The van der Waals surface area contributed by atoms with E-state index in [0.29, 0.717) is 42.5 Å². The molecule has 0 bridgehead atoms. The largest absolute Gasteiger partial charge is 0.477 e. The molecule has 3 rings (SSSR count). The number of rotatable bonds is 3. The van der Waals surface area contributed by atoms with Crippen LogP contribution in [0, 0.1) is 0 Å². The number of H-pyrrole nitrogens is 1. The molecule has 0 amide bonds. The van der Waals surface area contributed by atoms with Gasteiger partial charge in [0.05, 0.1) is 16.9 Å². The molecule has 0 aliphatic carbocycles. The maximum atomic E-state index is 14.0. The summed E-state index contributed by atoms with van der Waals surface area (Å²) in [5.41, 5.74) is 0.276. The molecular weight excluding hydrogens is 317 g/mol. The first-order valence-electron chi connectivity index (χ1n) is 7.45. The van der Waals surface area contributed by atoms with E-state index in [2.05, 4.69) is 4.98 Å². The third-order valence-corrected chi connectivity index (χ3v) is 4.19. The number of fused-ring (bicyclic) bond motifs is 1. The summed E-state index contributed by atoms with van der Waals surface area (Å²) in [6, 6.07) is 3.05. The number of nitrogens with two attached hydrogens (primary N) is 1. The van der Waals surface area contributed by atoms with Gasteiger partial charge >= 0.3 is 5.97 Å². The zero-order chi connectivity index (χ0) is 17.4. The number of hydrogen-bond acceptors (Lipinski definition) is 6. The van der Waals surface area contributed by atoms with Crippen molar-refractivity contribution < 1.29 is 14.4 Å². The number of hydrogen-bond donors (Lipinski definition) is 3. The van der Waals surface area contributed by atoms with Crippen molar-refractivity contribution >= 4 is 28.2 Å². The molecule has 1 aliphatic heterocycles. The zero-order valence-corrected chi connectivity index (χ0v) is 13.1. The van der Waals surface area contributed by atoms with Crippen molar-refractivity contribution in [2.45, 2.75) is 0 Å². The first-order valence-corrected chi connectivity index (χ1v) is 7.45. The van der Waals surface area contributed by atoms with Crippen molar-refractivity contribution in [3.8, 4) is 0 Å². The third-order valence-electron chi connectivity index (χ3n) is 4.19. The van der Waals surface area contributed by atoms with Crippen molar-refractivity contribution in [3.05, 3.63) is 34.1 Å². The highest BCUT2D eigenvalue weighted by Gasteiger charge is 2.21. The Labute approximate surface area is 136 Å². The van der Waals surface area contributed by atoms with Crippen LogP contribution in [0.15, 0.2) is 23.1 Å². The standard InChI is InChI=1S/C15H18FN5O3/c1-19(16)12-6-9-11(18-8-10(14(9)22)15(23)24)7-13(12)20-2-4-21(17)5-3-20/h6-8H,2-5,17H2,1H3,(H,18,22)(H,23,24). The topological polar surface area (TPSA) is 106 Å². The molecule has 4 N–H and O–H groups in total. The molecule has 0 unspecified atom stereocenters. The van der Waals surface area contributed by atoms with E-state index in [0.717, 1.165) is 6.20 Å². The maximum Gasteiger partial charge on any atom is 0.341 e. The lowest BCUT2D eigenvalue weighted by Crippen LogP contribution is -2.49. The highest BCUT2D eigenvalue weighted by molar-refractivity contribution is 5.95. The van der Waals surface area contributed by atoms with E-state index >= 15 is 0 Å². The first kappa shape index (κ1) is 16.2. The van der Waals surface area contributed by atoms with Crippen LogP contribution >= 0.6 is 0 Å². The maximum absolute atomic E-state index is 14.0. The normalized spacial score (nSPS) is 15.7. The van der Waals surface area contributed by atoms with E-state index in [1.165, 1.54) is 13.1 Å². The minimum atomic E-state index is -1.32. The number of anilines is 2. The van der Waals surface area contributed by atoms with Gasteiger partial charge in [0.25, 0.3) is 0 Å². The number of piperazine rings is 1. The molecule has 8 nitrogen and oxygen atoms in total. The van der Waals surface area contributed by atoms with E-state index in [9.17, 15) is 14.1 Å². The number of nitrogens with one attached hydrogen (secondary N) is 1. The van der Waals surface area contributed by atoms with Crippen LogP contribution in [0.2, 0.25) is 0 Å². The highest BCUT2D eigenvalue weighted by atomic mass is 19.2. The molecule has 1 aromatic carbocycles.